The highest BCUT2D eigenvalue weighted by Crippen LogP contribution is 2.21. The van der Waals surface area contributed by atoms with E-state index < -0.39 is 0 Å². The van der Waals surface area contributed by atoms with Crippen molar-refractivity contribution in [3.63, 3.8) is 0 Å². The first-order chi connectivity index (χ1) is 10.2. The van der Waals surface area contributed by atoms with Crippen LogP contribution in [0, 0.1) is 0 Å². The molecule has 0 aromatic carbocycles. The Labute approximate surface area is 127 Å². The number of likely N-dealkylation sites (tertiary alicyclic amines) is 2. The van der Waals surface area contributed by atoms with Gasteiger partial charge < -0.3 is 9.64 Å². The van der Waals surface area contributed by atoms with Crippen LogP contribution >= 0.6 is 0 Å². The number of carbonyl (C=O) groups excluding carboxylic acids is 2. The zero-order valence-electron chi connectivity index (χ0n) is 13.2. The first-order valence-corrected chi connectivity index (χ1v) is 8.29. The maximum Gasteiger partial charge on any atom is 0.305 e. The number of rotatable bonds is 5. The summed E-state index contributed by atoms with van der Waals surface area (Å²) < 4.78 is 4.61. The number of carbonyl (C=O) groups is 2. The van der Waals surface area contributed by atoms with Crippen LogP contribution in [0.15, 0.2) is 0 Å². The maximum atomic E-state index is 12.3. The van der Waals surface area contributed by atoms with E-state index in [1.54, 1.807) is 0 Å². The van der Waals surface area contributed by atoms with Crippen LogP contribution in [-0.4, -0.2) is 61.0 Å². The molecule has 2 rings (SSSR count). The molecular weight excluding hydrogens is 268 g/mol. The summed E-state index contributed by atoms with van der Waals surface area (Å²) in [5.41, 5.74) is 0. The average Bonchev–Trinajstić information content (AvgIpc) is 2.91. The molecule has 2 aliphatic rings. The summed E-state index contributed by atoms with van der Waals surface area (Å²) in [6.45, 7) is 4.13. The molecule has 1 amide bonds. The average molecular weight is 296 g/mol. The van der Waals surface area contributed by atoms with Crippen molar-refractivity contribution >= 4 is 11.9 Å². The second kappa shape index (κ2) is 8.37. The fourth-order valence-corrected chi connectivity index (χ4v) is 3.40. The van der Waals surface area contributed by atoms with Gasteiger partial charge in [-0.2, -0.15) is 0 Å². The van der Waals surface area contributed by atoms with Crippen LogP contribution in [0.2, 0.25) is 0 Å². The molecule has 21 heavy (non-hydrogen) atoms. The summed E-state index contributed by atoms with van der Waals surface area (Å²) in [6, 6.07) is 0.541. The first-order valence-electron chi connectivity index (χ1n) is 8.29. The van der Waals surface area contributed by atoms with Gasteiger partial charge in [0.2, 0.25) is 5.91 Å². The molecule has 0 saturated carbocycles. The molecule has 0 radical (unpaired) electrons. The summed E-state index contributed by atoms with van der Waals surface area (Å²) in [6.07, 6.45) is 7.52. The van der Waals surface area contributed by atoms with Crippen LogP contribution in [0.1, 0.15) is 51.4 Å². The predicted molar refractivity (Wildman–Crippen MR) is 80.9 cm³/mol. The highest BCUT2D eigenvalue weighted by Gasteiger charge is 2.27. The van der Waals surface area contributed by atoms with Crippen LogP contribution in [0.3, 0.4) is 0 Å². The quantitative estimate of drug-likeness (QED) is 0.726. The number of amides is 1. The number of nitrogens with zero attached hydrogens (tertiary/aromatic N) is 2. The molecule has 0 unspecified atom stereocenters. The van der Waals surface area contributed by atoms with Gasteiger partial charge in [-0.3, -0.25) is 14.5 Å². The Kier molecular flexibility index (Phi) is 6.49. The fourth-order valence-electron chi connectivity index (χ4n) is 3.40. The van der Waals surface area contributed by atoms with Crippen molar-refractivity contribution in [2.45, 2.75) is 57.4 Å². The lowest BCUT2D eigenvalue weighted by molar-refractivity contribution is -0.140. The van der Waals surface area contributed by atoms with E-state index in [0.717, 1.165) is 19.5 Å². The van der Waals surface area contributed by atoms with E-state index in [-0.39, 0.29) is 11.9 Å². The molecule has 120 valence electrons. The summed E-state index contributed by atoms with van der Waals surface area (Å²) in [5.74, 6) is -0.0291. The molecule has 2 heterocycles. The van der Waals surface area contributed by atoms with Crippen molar-refractivity contribution < 1.29 is 14.3 Å². The SMILES string of the molecule is COC(=O)CCCC(=O)N1CCCC[C@@H](N2CCCC2)C1. The zero-order valence-corrected chi connectivity index (χ0v) is 13.2. The summed E-state index contributed by atoms with van der Waals surface area (Å²) in [5, 5.41) is 0. The highest BCUT2D eigenvalue weighted by atomic mass is 16.5. The lowest BCUT2D eigenvalue weighted by Crippen LogP contribution is -2.43. The summed E-state index contributed by atoms with van der Waals surface area (Å²) in [7, 11) is 1.39. The minimum Gasteiger partial charge on any atom is -0.469 e. The van der Waals surface area contributed by atoms with Gasteiger partial charge in [0, 0.05) is 32.0 Å². The molecule has 2 saturated heterocycles. The number of hydrogen-bond acceptors (Lipinski definition) is 4. The van der Waals surface area contributed by atoms with Crippen LogP contribution < -0.4 is 0 Å². The van der Waals surface area contributed by atoms with Crippen molar-refractivity contribution in [2.24, 2.45) is 0 Å². The third kappa shape index (κ3) is 4.99. The Bertz CT molecular complexity index is 353. The van der Waals surface area contributed by atoms with Gasteiger partial charge in [0.05, 0.1) is 7.11 Å². The van der Waals surface area contributed by atoms with Crippen LogP contribution in [0.5, 0.6) is 0 Å². The third-order valence-electron chi connectivity index (χ3n) is 4.66. The molecule has 2 aliphatic heterocycles. The Morgan fingerprint density at radius 1 is 1.05 bits per heavy atom. The highest BCUT2D eigenvalue weighted by molar-refractivity contribution is 5.77. The fraction of sp³-hybridized carbons (Fsp3) is 0.875. The van der Waals surface area contributed by atoms with Crippen molar-refractivity contribution in [1.29, 1.82) is 0 Å². The number of methoxy groups -OCH3 is 1. The minimum atomic E-state index is -0.228. The van der Waals surface area contributed by atoms with E-state index in [9.17, 15) is 9.59 Å². The van der Waals surface area contributed by atoms with E-state index >= 15 is 0 Å². The molecule has 5 nitrogen and oxygen atoms in total. The predicted octanol–water partition coefficient (Wildman–Crippen LogP) is 1.81. The Morgan fingerprint density at radius 2 is 1.76 bits per heavy atom. The molecule has 0 N–H and O–H groups in total. The smallest absolute Gasteiger partial charge is 0.305 e. The van der Waals surface area contributed by atoms with Gasteiger partial charge >= 0.3 is 5.97 Å². The van der Waals surface area contributed by atoms with Crippen LogP contribution in [0.25, 0.3) is 0 Å². The molecule has 2 fully saturated rings. The number of ether oxygens (including phenoxy) is 1. The van der Waals surface area contributed by atoms with E-state index in [0.29, 0.717) is 25.3 Å². The molecule has 1 atom stereocenters. The van der Waals surface area contributed by atoms with Gasteiger partial charge in [0.15, 0.2) is 0 Å². The second-order valence-corrected chi connectivity index (χ2v) is 6.16. The lowest BCUT2D eigenvalue weighted by atomic mass is 10.1. The molecule has 5 heteroatoms. The van der Waals surface area contributed by atoms with Crippen molar-refractivity contribution in [1.82, 2.24) is 9.80 Å². The zero-order chi connectivity index (χ0) is 15.1. The van der Waals surface area contributed by atoms with E-state index in [2.05, 4.69) is 9.64 Å². The Morgan fingerprint density at radius 3 is 2.48 bits per heavy atom. The monoisotopic (exact) mass is 296 g/mol. The molecule has 0 bridgehead atoms. The van der Waals surface area contributed by atoms with Gasteiger partial charge in [-0.1, -0.05) is 6.42 Å². The largest absolute Gasteiger partial charge is 0.469 e. The van der Waals surface area contributed by atoms with Gasteiger partial charge in [0.1, 0.15) is 0 Å². The lowest BCUT2D eigenvalue weighted by Gasteiger charge is -2.30. The summed E-state index contributed by atoms with van der Waals surface area (Å²) >= 11 is 0. The van der Waals surface area contributed by atoms with E-state index in [1.165, 1.54) is 45.9 Å². The van der Waals surface area contributed by atoms with E-state index in [1.807, 2.05) is 4.90 Å². The van der Waals surface area contributed by atoms with Crippen LogP contribution in [0.4, 0.5) is 0 Å². The molecule has 0 spiro atoms. The molecule has 0 aromatic rings. The maximum absolute atomic E-state index is 12.3. The molecule has 0 aliphatic carbocycles. The summed E-state index contributed by atoms with van der Waals surface area (Å²) in [4.78, 5) is 28.0. The first kappa shape index (κ1) is 16.3. The normalized spacial score (nSPS) is 23.9. The number of hydrogen-bond donors (Lipinski definition) is 0. The Balaban J connectivity index is 1.79. The van der Waals surface area contributed by atoms with Crippen molar-refractivity contribution in [3.8, 4) is 0 Å². The Hall–Kier alpha value is -1.10. The van der Waals surface area contributed by atoms with Crippen molar-refractivity contribution in [3.05, 3.63) is 0 Å². The third-order valence-corrected chi connectivity index (χ3v) is 4.66. The minimum absolute atomic E-state index is 0.199. The van der Waals surface area contributed by atoms with Crippen LogP contribution in [-0.2, 0) is 14.3 Å². The standard InChI is InChI=1S/C16H28N2O3/c1-21-16(20)9-6-8-15(19)18-12-3-2-7-14(13-18)17-10-4-5-11-17/h14H,2-13H2,1H3/t14-/m1/s1. The van der Waals surface area contributed by atoms with Gasteiger partial charge in [0.25, 0.3) is 0 Å². The van der Waals surface area contributed by atoms with Gasteiger partial charge in [-0.05, 0) is 45.2 Å². The van der Waals surface area contributed by atoms with Gasteiger partial charge in [-0.25, -0.2) is 0 Å². The van der Waals surface area contributed by atoms with Crippen molar-refractivity contribution in [2.75, 3.05) is 33.3 Å². The number of esters is 1. The molecular formula is C16H28N2O3. The van der Waals surface area contributed by atoms with Gasteiger partial charge in [-0.15, -0.1) is 0 Å². The topological polar surface area (TPSA) is 49.9 Å². The van der Waals surface area contributed by atoms with E-state index in [4.69, 9.17) is 0 Å². The second-order valence-electron chi connectivity index (χ2n) is 6.16. The molecule has 0 aromatic heterocycles.